The number of rotatable bonds is 7. The van der Waals surface area contributed by atoms with Crippen molar-refractivity contribution in [1.29, 1.82) is 0 Å². The van der Waals surface area contributed by atoms with Crippen molar-refractivity contribution in [1.82, 2.24) is 4.90 Å². The molecular formula is C35H34N2O4S. The van der Waals surface area contributed by atoms with Crippen LogP contribution >= 0.6 is 11.8 Å². The monoisotopic (exact) mass is 578 g/mol. The molecule has 7 rings (SSSR count). The lowest BCUT2D eigenvalue weighted by atomic mass is 9.82. The highest BCUT2D eigenvalue weighted by Gasteiger charge is 2.40. The molecule has 214 valence electrons. The zero-order valence-corrected chi connectivity index (χ0v) is 24.8. The minimum atomic E-state index is 0.0293. The van der Waals surface area contributed by atoms with E-state index in [1.54, 1.807) is 11.8 Å². The van der Waals surface area contributed by atoms with E-state index >= 15 is 0 Å². The number of allylic oxidation sites excluding steroid dienone is 1. The standard InChI is InChI=1S/C35H34N2O4S/c1-3-38-27-13-8-23(9-14-27)20-26-6-5-7-29-33(26)36-35-37(34(29)24-10-15-28(16-11-24)39-4-2)30(22-42-35)25-12-17-31-32(21-25)41-19-18-40-31/h8-17,20-22,34H,3-7,18-19H2,1-2H3/b26-20+/t34-/m1/s1. The number of hydrogen-bond donors (Lipinski definition) is 0. The van der Waals surface area contributed by atoms with Crippen LogP contribution in [0.25, 0.3) is 11.8 Å². The highest BCUT2D eigenvalue weighted by Crippen LogP contribution is 2.51. The number of aliphatic imine (C=N–C) groups is 1. The SMILES string of the molecule is CCOc1ccc(/C=C2\CCCC3=C2N=C2SC=C(c4ccc5c(c4)OCCO5)N2[C@@H]3c2ccc(OCC)cc2)cc1. The molecule has 3 heterocycles. The molecule has 0 N–H and O–H groups in total. The van der Waals surface area contributed by atoms with Crippen LogP contribution in [-0.4, -0.2) is 36.5 Å². The molecule has 3 aliphatic heterocycles. The van der Waals surface area contributed by atoms with E-state index in [1.807, 2.05) is 32.0 Å². The molecule has 1 atom stereocenters. The Morgan fingerprint density at radius 1 is 0.881 bits per heavy atom. The van der Waals surface area contributed by atoms with Gasteiger partial charge >= 0.3 is 0 Å². The molecule has 0 saturated heterocycles. The Kier molecular flexibility index (Phi) is 7.43. The van der Waals surface area contributed by atoms with Crippen molar-refractivity contribution in [2.75, 3.05) is 26.4 Å². The Morgan fingerprint density at radius 2 is 1.60 bits per heavy atom. The average molecular weight is 579 g/mol. The quantitative estimate of drug-likeness (QED) is 0.282. The van der Waals surface area contributed by atoms with E-state index in [2.05, 4.69) is 64.9 Å². The minimum absolute atomic E-state index is 0.0293. The third-order valence-corrected chi connectivity index (χ3v) is 8.75. The smallest absolute Gasteiger partial charge is 0.174 e. The van der Waals surface area contributed by atoms with Gasteiger partial charge in [0, 0.05) is 11.0 Å². The first-order valence-corrected chi connectivity index (χ1v) is 15.6. The van der Waals surface area contributed by atoms with Crippen molar-refractivity contribution >= 4 is 28.7 Å². The summed E-state index contributed by atoms with van der Waals surface area (Å²) < 4.78 is 23.2. The topological polar surface area (TPSA) is 52.5 Å². The Labute approximate surface area is 251 Å². The molecule has 0 amide bonds. The van der Waals surface area contributed by atoms with E-state index in [1.165, 1.54) is 16.7 Å². The fourth-order valence-electron chi connectivity index (χ4n) is 6.07. The van der Waals surface area contributed by atoms with Crippen molar-refractivity contribution in [2.45, 2.75) is 39.2 Å². The number of thioether (sulfide) groups is 1. The zero-order valence-electron chi connectivity index (χ0n) is 24.0. The maximum absolute atomic E-state index is 5.94. The first-order valence-electron chi connectivity index (χ1n) is 14.8. The van der Waals surface area contributed by atoms with Gasteiger partial charge < -0.3 is 23.8 Å². The summed E-state index contributed by atoms with van der Waals surface area (Å²) >= 11 is 1.69. The van der Waals surface area contributed by atoms with Gasteiger partial charge in [0.1, 0.15) is 24.7 Å². The van der Waals surface area contributed by atoms with Crippen LogP contribution in [0.4, 0.5) is 0 Å². The fourth-order valence-corrected chi connectivity index (χ4v) is 7.00. The van der Waals surface area contributed by atoms with Crippen molar-refractivity contribution in [3.05, 3.63) is 106 Å². The summed E-state index contributed by atoms with van der Waals surface area (Å²) in [5.74, 6) is 3.38. The molecule has 4 aliphatic rings. The highest BCUT2D eigenvalue weighted by molar-refractivity contribution is 8.16. The van der Waals surface area contributed by atoms with Gasteiger partial charge in [0.15, 0.2) is 16.7 Å². The Hall–Kier alpha value is -4.10. The predicted octanol–water partition coefficient (Wildman–Crippen LogP) is 8.23. The van der Waals surface area contributed by atoms with Gasteiger partial charge in [0.25, 0.3) is 0 Å². The molecule has 42 heavy (non-hydrogen) atoms. The number of nitrogens with zero attached hydrogens (tertiary/aromatic N) is 2. The Bertz CT molecular complexity index is 1600. The summed E-state index contributed by atoms with van der Waals surface area (Å²) in [7, 11) is 0. The van der Waals surface area contributed by atoms with Crippen LogP contribution in [0, 0.1) is 0 Å². The van der Waals surface area contributed by atoms with Crippen molar-refractivity contribution in [3.63, 3.8) is 0 Å². The van der Waals surface area contributed by atoms with Gasteiger partial charge in [-0.3, -0.25) is 0 Å². The van der Waals surface area contributed by atoms with Gasteiger partial charge in [-0.1, -0.05) is 36.0 Å². The summed E-state index contributed by atoms with van der Waals surface area (Å²) in [5.41, 5.74) is 8.39. The molecule has 0 unspecified atom stereocenters. The lowest BCUT2D eigenvalue weighted by Crippen LogP contribution is -2.34. The molecule has 3 aromatic carbocycles. The molecule has 1 aliphatic carbocycles. The molecule has 0 saturated carbocycles. The van der Waals surface area contributed by atoms with Crippen LogP contribution in [0.2, 0.25) is 0 Å². The maximum Gasteiger partial charge on any atom is 0.174 e. The van der Waals surface area contributed by atoms with E-state index in [0.29, 0.717) is 26.4 Å². The number of fused-ring (bicyclic) bond motifs is 2. The molecule has 0 fully saturated rings. The van der Waals surface area contributed by atoms with E-state index in [4.69, 9.17) is 23.9 Å². The molecule has 0 spiro atoms. The highest BCUT2D eigenvalue weighted by atomic mass is 32.2. The van der Waals surface area contributed by atoms with Crippen molar-refractivity contribution < 1.29 is 18.9 Å². The summed E-state index contributed by atoms with van der Waals surface area (Å²) in [5, 5.41) is 3.22. The lowest BCUT2D eigenvalue weighted by molar-refractivity contribution is 0.171. The maximum atomic E-state index is 5.94. The molecule has 3 aromatic rings. The van der Waals surface area contributed by atoms with Gasteiger partial charge in [-0.15, -0.1) is 0 Å². The number of benzene rings is 3. The normalized spacial score (nSPS) is 20.1. The van der Waals surface area contributed by atoms with Crippen molar-refractivity contribution in [3.8, 4) is 23.0 Å². The molecule has 6 nitrogen and oxygen atoms in total. The van der Waals surface area contributed by atoms with Gasteiger partial charge in [0.05, 0.1) is 30.6 Å². The van der Waals surface area contributed by atoms with Gasteiger partial charge in [-0.2, -0.15) is 0 Å². The van der Waals surface area contributed by atoms with Crippen LogP contribution in [0.5, 0.6) is 23.0 Å². The first-order chi connectivity index (χ1) is 20.7. The molecule has 7 heteroatoms. The second-order valence-corrected chi connectivity index (χ2v) is 11.4. The summed E-state index contributed by atoms with van der Waals surface area (Å²) in [4.78, 5) is 7.74. The molecule has 0 aromatic heterocycles. The summed E-state index contributed by atoms with van der Waals surface area (Å²) in [6, 6.07) is 23.2. The second kappa shape index (κ2) is 11.6. The van der Waals surface area contributed by atoms with Gasteiger partial charge in [-0.25, -0.2) is 4.99 Å². The molecule has 0 bridgehead atoms. The third-order valence-electron chi connectivity index (χ3n) is 7.91. The minimum Gasteiger partial charge on any atom is -0.494 e. The van der Waals surface area contributed by atoms with E-state index < -0.39 is 0 Å². The fraction of sp³-hybridized carbons (Fsp3) is 0.286. The Balaban J connectivity index is 1.30. The van der Waals surface area contributed by atoms with Gasteiger partial charge in [-0.05, 0) is 104 Å². The van der Waals surface area contributed by atoms with Gasteiger partial charge in [0.2, 0.25) is 0 Å². The van der Waals surface area contributed by atoms with Crippen LogP contribution in [0.3, 0.4) is 0 Å². The van der Waals surface area contributed by atoms with E-state index in [-0.39, 0.29) is 6.04 Å². The predicted molar refractivity (Wildman–Crippen MR) is 169 cm³/mol. The van der Waals surface area contributed by atoms with Crippen LogP contribution in [-0.2, 0) is 0 Å². The average Bonchev–Trinajstić information content (AvgIpc) is 3.45. The number of hydrogen-bond acceptors (Lipinski definition) is 7. The number of amidine groups is 1. The first kappa shape index (κ1) is 26.8. The van der Waals surface area contributed by atoms with E-state index in [9.17, 15) is 0 Å². The lowest BCUT2D eigenvalue weighted by Gasteiger charge is -2.40. The zero-order chi connectivity index (χ0) is 28.5. The summed E-state index contributed by atoms with van der Waals surface area (Å²) in [6.45, 7) is 6.48. The number of ether oxygens (including phenoxy) is 4. The molecule has 0 radical (unpaired) electrons. The second-order valence-electron chi connectivity index (χ2n) is 10.5. The largest absolute Gasteiger partial charge is 0.494 e. The van der Waals surface area contributed by atoms with E-state index in [0.717, 1.165) is 69.9 Å². The summed E-state index contributed by atoms with van der Waals surface area (Å²) in [6.07, 6.45) is 5.39. The third kappa shape index (κ3) is 5.07. The van der Waals surface area contributed by atoms with Crippen molar-refractivity contribution in [2.24, 2.45) is 4.99 Å². The van der Waals surface area contributed by atoms with Crippen LogP contribution in [0.1, 0.15) is 55.8 Å². The van der Waals surface area contributed by atoms with Crippen LogP contribution in [0.15, 0.2) is 94.0 Å². The molecular weight excluding hydrogens is 544 g/mol. The Morgan fingerprint density at radius 3 is 2.33 bits per heavy atom. The van der Waals surface area contributed by atoms with Crippen LogP contribution < -0.4 is 18.9 Å².